The molecule has 108 valence electrons. The summed E-state index contributed by atoms with van der Waals surface area (Å²) in [6, 6.07) is 10.4. The van der Waals surface area contributed by atoms with E-state index in [-0.39, 0.29) is 16.2 Å². The third-order valence-electron chi connectivity index (χ3n) is 3.38. The standard InChI is InChI=1S/C16H13ClFNOS/c1-9-2-3-10-7-15(21-14(10)6-9)16(20)19-11-4-5-13(18)12(17)8-11/h2-6,8,15H,7H2,1H3,(H,19,20)/t15-/m0/s1. The molecule has 1 N–H and O–H groups in total. The minimum absolute atomic E-state index is 0.00536. The number of rotatable bonds is 2. The number of aryl methyl sites for hydroxylation is 1. The Labute approximate surface area is 131 Å². The van der Waals surface area contributed by atoms with Crippen molar-refractivity contribution in [2.24, 2.45) is 0 Å². The quantitative estimate of drug-likeness (QED) is 0.885. The first-order chi connectivity index (χ1) is 10.0. The summed E-state index contributed by atoms with van der Waals surface area (Å²) in [6.07, 6.45) is 0.709. The number of anilines is 1. The van der Waals surface area contributed by atoms with Crippen LogP contribution in [0.2, 0.25) is 5.02 Å². The molecule has 0 radical (unpaired) electrons. The van der Waals surface area contributed by atoms with Crippen LogP contribution in [-0.2, 0) is 11.2 Å². The molecule has 2 aromatic carbocycles. The summed E-state index contributed by atoms with van der Waals surface area (Å²) in [7, 11) is 0. The van der Waals surface area contributed by atoms with E-state index in [1.165, 1.54) is 29.3 Å². The zero-order valence-electron chi connectivity index (χ0n) is 11.3. The van der Waals surface area contributed by atoms with Gasteiger partial charge >= 0.3 is 0 Å². The molecule has 2 nitrogen and oxygen atoms in total. The minimum Gasteiger partial charge on any atom is -0.325 e. The van der Waals surface area contributed by atoms with Crippen molar-refractivity contribution in [3.63, 3.8) is 0 Å². The van der Waals surface area contributed by atoms with Crippen LogP contribution < -0.4 is 5.32 Å². The van der Waals surface area contributed by atoms with Crippen molar-refractivity contribution in [2.75, 3.05) is 5.32 Å². The van der Waals surface area contributed by atoms with E-state index in [9.17, 15) is 9.18 Å². The van der Waals surface area contributed by atoms with E-state index in [4.69, 9.17) is 11.6 Å². The normalized spacial score (nSPS) is 16.6. The molecule has 0 unspecified atom stereocenters. The number of thioether (sulfide) groups is 1. The molecule has 1 atom stereocenters. The smallest absolute Gasteiger partial charge is 0.238 e. The van der Waals surface area contributed by atoms with Gasteiger partial charge in [0, 0.05) is 10.6 Å². The van der Waals surface area contributed by atoms with Crippen LogP contribution in [0.25, 0.3) is 0 Å². The van der Waals surface area contributed by atoms with Gasteiger partial charge in [-0.1, -0.05) is 29.3 Å². The lowest BCUT2D eigenvalue weighted by Gasteiger charge is -2.10. The molecule has 0 aromatic heterocycles. The molecular formula is C16H13ClFNOS. The van der Waals surface area contributed by atoms with Crippen molar-refractivity contribution in [1.82, 2.24) is 0 Å². The molecule has 0 fully saturated rings. The highest BCUT2D eigenvalue weighted by atomic mass is 35.5. The third-order valence-corrected chi connectivity index (χ3v) is 4.97. The van der Waals surface area contributed by atoms with Gasteiger partial charge in [-0.05, 0) is 43.2 Å². The number of benzene rings is 2. The van der Waals surface area contributed by atoms with Gasteiger partial charge in [-0.25, -0.2) is 4.39 Å². The number of amides is 1. The van der Waals surface area contributed by atoms with Gasteiger partial charge in [0.25, 0.3) is 0 Å². The number of fused-ring (bicyclic) bond motifs is 1. The van der Waals surface area contributed by atoms with Gasteiger partial charge in [-0.15, -0.1) is 11.8 Å². The average Bonchev–Trinajstić information content (AvgIpc) is 2.86. The van der Waals surface area contributed by atoms with Crippen LogP contribution in [0.4, 0.5) is 10.1 Å². The van der Waals surface area contributed by atoms with E-state index >= 15 is 0 Å². The number of hydrogen-bond donors (Lipinski definition) is 1. The van der Waals surface area contributed by atoms with Gasteiger partial charge in [-0.2, -0.15) is 0 Å². The predicted octanol–water partition coefficient (Wildman–Crippen LogP) is 4.44. The fourth-order valence-electron chi connectivity index (χ4n) is 2.28. The van der Waals surface area contributed by atoms with E-state index in [1.54, 1.807) is 11.8 Å². The third kappa shape index (κ3) is 3.06. The first-order valence-electron chi connectivity index (χ1n) is 6.55. The van der Waals surface area contributed by atoms with Crippen LogP contribution in [0.3, 0.4) is 0 Å². The predicted molar refractivity (Wildman–Crippen MR) is 84.6 cm³/mol. The fraction of sp³-hybridized carbons (Fsp3) is 0.188. The molecule has 0 saturated carbocycles. The number of carbonyl (C=O) groups is 1. The second kappa shape index (κ2) is 5.70. The van der Waals surface area contributed by atoms with Crippen molar-refractivity contribution < 1.29 is 9.18 Å². The van der Waals surface area contributed by atoms with Crippen LogP contribution in [0.5, 0.6) is 0 Å². The zero-order valence-corrected chi connectivity index (χ0v) is 12.9. The van der Waals surface area contributed by atoms with Crippen molar-refractivity contribution in [1.29, 1.82) is 0 Å². The monoisotopic (exact) mass is 321 g/mol. The van der Waals surface area contributed by atoms with Crippen LogP contribution >= 0.6 is 23.4 Å². The highest BCUT2D eigenvalue weighted by Crippen LogP contribution is 2.38. The van der Waals surface area contributed by atoms with E-state index in [2.05, 4.69) is 23.5 Å². The van der Waals surface area contributed by atoms with Gasteiger partial charge in [0.2, 0.25) is 5.91 Å². The highest BCUT2D eigenvalue weighted by molar-refractivity contribution is 8.01. The second-order valence-electron chi connectivity index (χ2n) is 5.04. The van der Waals surface area contributed by atoms with Crippen molar-refractivity contribution in [3.05, 3.63) is 58.4 Å². The lowest BCUT2D eigenvalue weighted by molar-refractivity contribution is -0.115. The first kappa shape index (κ1) is 14.4. The molecule has 1 amide bonds. The molecular weight excluding hydrogens is 309 g/mol. The minimum atomic E-state index is -0.493. The van der Waals surface area contributed by atoms with Gasteiger partial charge in [0.15, 0.2) is 0 Å². The first-order valence-corrected chi connectivity index (χ1v) is 7.81. The summed E-state index contributed by atoms with van der Waals surface area (Å²) in [4.78, 5) is 13.5. The molecule has 1 heterocycles. The summed E-state index contributed by atoms with van der Waals surface area (Å²) in [6.45, 7) is 2.04. The number of nitrogens with one attached hydrogen (secondary N) is 1. The number of halogens is 2. The topological polar surface area (TPSA) is 29.1 Å². The largest absolute Gasteiger partial charge is 0.325 e. The molecule has 0 saturated heterocycles. The zero-order chi connectivity index (χ0) is 15.0. The second-order valence-corrected chi connectivity index (χ2v) is 6.69. The molecule has 5 heteroatoms. The Kier molecular flexibility index (Phi) is 3.91. The Bertz CT molecular complexity index is 719. The Hall–Kier alpha value is -1.52. The lowest BCUT2D eigenvalue weighted by atomic mass is 10.1. The van der Waals surface area contributed by atoms with Crippen molar-refractivity contribution >= 4 is 35.0 Å². The molecule has 3 rings (SSSR count). The molecule has 0 bridgehead atoms. The van der Waals surface area contributed by atoms with E-state index < -0.39 is 5.82 Å². The van der Waals surface area contributed by atoms with E-state index in [1.807, 2.05) is 6.92 Å². The van der Waals surface area contributed by atoms with Gasteiger partial charge in [0.1, 0.15) is 5.82 Å². The van der Waals surface area contributed by atoms with Gasteiger partial charge in [-0.3, -0.25) is 4.79 Å². The van der Waals surface area contributed by atoms with Crippen molar-refractivity contribution in [2.45, 2.75) is 23.5 Å². The van der Waals surface area contributed by atoms with E-state index in [0.29, 0.717) is 12.1 Å². The number of carbonyl (C=O) groups excluding carboxylic acids is 1. The van der Waals surface area contributed by atoms with Gasteiger partial charge in [0.05, 0.1) is 10.3 Å². The van der Waals surface area contributed by atoms with Gasteiger partial charge < -0.3 is 5.32 Å². The van der Waals surface area contributed by atoms with Crippen LogP contribution in [0.15, 0.2) is 41.3 Å². The summed E-state index contributed by atoms with van der Waals surface area (Å²) in [5.41, 5.74) is 2.90. The fourth-order valence-corrected chi connectivity index (χ4v) is 3.75. The summed E-state index contributed by atoms with van der Waals surface area (Å²) < 4.78 is 13.1. The summed E-state index contributed by atoms with van der Waals surface area (Å²) in [5, 5.41) is 2.63. The molecule has 1 aliphatic heterocycles. The lowest BCUT2D eigenvalue weighted by Crippen LogP contribution is -2.24. The Balaban J connectivity index is 1.71. The Morgan fingerprint density at radius 3 is 2.90 bits per heavy atom. The molecule has 1 aliphatic rings. The molecule has 2 aromatic rings. The Morgan fingerprint density at radius 1 is 1.33 bits per heavy atom. The summed E-state index contributed by atoms with van der Waals surface area (Å²) in [5.74, 6) is -0.579. The summed E-state index contributed by atoms with van der Waals surface area (Å²) >= 11 is 7.28. The Morgan fingerprint density at radius 2 is 2.14 bits per heavy atom. The SMILES string of the molecule is Cc1ccc2c(c1)S[C@H](C(=O)Nc1ccc(F)c(Cl)c1)C2. The number of hydrogen-bond acceptors (Lipinski definition) is 2. The molecule has 0 aliphatic carbocycles. The van der Waals surface area contributed by atoms with E-state index in [0.717, 1.165) is 4.90 Å². The molecule has 0 spiro atoms. The highest BCUT2D eigenvalue weighted by Gasteiger charge is 2.28. The van der Waals surface area contributed by atoms with Crippen LogP contribution in [0, 0.1) is 12.7 Å². The maximum absolute atomic E-state index is 13.1. The average molecular weight is 322 g/mol. The maximum atomic E-state index is 13.1. The van der Waals surface area contributed by atoms with Crippen LogP contribution in [0.1, 0.15) is 11.1 Å². The van der Waals surface area contributed by atoms with Crippen molar-refractivity contribution in [3.8, 4) is 0 Å². The molecule has 21 heavy (non-hydrogen) atoms. The maximum Gasteiger partial charge on any atom is 0.238 e. The van der Waals surface area contributed by atoms with Crippen LogP contribution in [-0.4, -0.2) is 11.2 Å².